The van der Waals surface area contributed by atoms with Crippen LogP contribution < -0.4 is 5.73 Å². The van der Waals surface area contributed by atoms with Gasteiger partial charge in [0.15, 0.2) is 0 Å². The summed E-state index contributed by atoms with van der Waals surface area (Å²) in [6.07, 6.45) is 2.29. The van der Waals surface area contributed by atoms with Crippen molar-refractivity contribution >= 4 is 5.82 Å². The van der Waals surface area contributed by atoms with Gasteiger partial charge in [-0.05, 0) is 36.6 Å². The Labute approximate surface area is 103 Å². The molecule has 2 aromatic rings. The van der Waals surface area contributed by atoms with E-state index < -0.39 is 0 Å². The third kappa shape index (κ3) is 2.64. The fraction of sp³-hybridized carbons (Fsp3) is 0.267. The third-order valence-corrected chi connectivity index (χ3v) is 2.88. The minimum Gasteiger partial charge on any atom is -0.384 e. The first kappa shape index (κ1) is 11.6. The molecule has 0 unspecified atom stereocenters. The molecule has 0 aliphatic heterocycles. The second-order valence-electron chi connectivity index (χ2n) is 4.32. The zero-order valence-electron chi connectivity index (χ0n) is 10.4. The molecule has 2 nitrogen and oxygen atoms in total. The standard InChI is InChI=1S/C15H18N2/c1-3-5-12-6-4-7-13(10-12)14-8-9-15(16)17-11(14)2/h4,6-10H,3,5H2,1-2H3,(H2,16,17). The first-order valence-electron chi connectivity index (χ1n) is 6.03. The number of aromatic nitrogens is 1. The van der Waals surface area contributed by atoms with E-state index in [9.17, 15) is 0 Å². The molecule has 2 heteroatoms. The predicted octanol–water partition coefficient (Wildman–Crippen LogP) is 3.59. The largest absolute Gasteiger partial charge is 0.384 e. The lowest BCUT2D eigenvalue weighted by Crippen LogP contribution is -1.94. The molecule has 0 atom stereocenters. The van der Waals surface area contributed by atoms with Gasteiger partial charge in [0.25, 0.3) is 0 Å². The van der Waals surface area contributed by atoms with Gasteiger partial charge in [-0.1, -0.05) is 37.6 Å². The number of hydrogen-bond acceptors (Lipinski definition) is 2. The van der Waals surface area contributed by atoms with E-state index in [-0.39, 0.29) is 0 Å². The molecule has 2 rings (SSSR count). The van der Waals surface area contributed by atoms with E-state index in [1.54, 1.807) is 0 Å². The topological polar surface area (TPSA) is 38.9 Å². The number of aryl methyl sites for hydroxylation is 2. The smallest absolute Gasteiger partial charge is 0.123 e. The minimum absolute atomic E-state index is 0.580. The SMILES string of the molecule is CCCc1cccc(-c2ccc(N)nc2C)c1. The van der Waals surface area contributed by atoms with Crippen molar-refractivity contribution in [1.82, 2.24) is 4.98 Å². The van der Waals surface area contributed by atoms with Gasteiger partial charge in [0.05, 0.1) is 0 Å². The highest BCUT2D eigenvalue weighted by molar-refractivity contribution is 5.67. The molecule has 2 N–H and O–H groups in total. The summed E-state index contributed by atoms with van der Waals surface area (Å²) in [5.74, 6) is 0.580. The van der Waals surface area contributed by atoms with Crippen LogP contribution in [0.5, 0.6) is 0 Å². The highest BCUT2D eigenvalue weighted by Gasteiger charge is 2.04. The van der Waals surface area contributed by atoms with Gasteiger partial charge in [-0.15, -0.1) is 0 Å². The molecule has 1 heterocycles. The molecule has 17 heavy (non-hydrogen) atoms. The van der Waals surface area contributed by atoms with E-state index in [0.717, 1.165) is 17.7 Å². The predicted molar refractivity (Wildman–Crippen MR) is 72.8 cm³/mol. The van der Waals surface area contributed by atoms with Gasteiger partial charge in [-0.2, -0.15) is 0 Å². The molecular weight excluding hydrogens is 208 g/mol. The molecule has 0 radical (unpaired) electrons. The Morgan fingerprint density at radius 2 is 2.00 bits per heavy atom. The Balaban J connectivity index is 2.42. The number of pyridine rings is 1. The van der Waals surface area contributed by atoms with Gasteiger partial charge in [0, 0.05) is 11.3 Å². The fourth-order valence-corrected chi connectivity index (χ4v) is 2.07. The molecule has 88 valence electrons. The summed E-state index contributed by atoms with van der Waals surface area (Å²) in [6.45, 7) is 4.20. The van der Waals surface area contributed by atoms with Crippen molar-refractivity contribution in [2.24, 2.45) is 0 Å². The number of anilines is 1. The maximum Gasteiger partial charge on any atom is 0.123 e. The number of nitrogens with zero attached hydrogens (tertiary/aromatic N) is 1. The molecule has 0 amide bonds. The monoisotopic (exact) mass is 226 g/mol. The van der Waals surface area contributed by atoms with Crippen LogP contribution in [0.25, 0.3) is 11.1 Å². The van der Waals surface area contributed by atoms with Gasteiger partial charge in [0.2, 0.25) is 0 Å². The summed E-state index contributed by atoms with van der Waals surface area (Å²) in [4.78, 5) is 4.30. The first-order chi connectivity index (χ1) is 8.20. The van der Waals surface area contributed by atoms with Crippen LogP contribution in [0, 0.1) is 6.92 Å². The molecule has 0 fully saturated rings. The quantitative estimate of drug-likeness (QED) is 0.868. The summed E-state index contributed by atoms with van der Waals surface area (Å²) in [5, 5.41) is 0. The zero-order chi connectivity index (χ0) is 12.3. The van der Waals surface area contributed by atoms with Crippen LogP contribution in [0.2, 0.25) is 0 Å². The van der Waals surface area contributed by atoms with Crippen molar-refractivity contribution in [1.29, 1.82) is 0 Å². The van der Waals surface area contributed by atoms with E-state index in [1.807, 2.05) is 19.1 Å². The summed E-state index contributed by atoms with van der Waals surface area (Å²) < 4.78 is 0. The second-order valence-corrected chi connectivity index (χ2v) is 4.32. The number of rotatable bonds is 3. The fourth-order valence-electron chi connectivity index (χ4n) is 2.07. The zero-order valence-corrected chi connectivity index (χ0v) is 10.4. The van der Waals surface area contributed by atoms with Crippen LogP contribution in [0.3, 0.4) is 0 Å². The molecule has 0 bridgehead atoms. The Bertz CT molecular complexity index is 518. The van der Waals surface area contributed by atoms with Gasteiger partial charge < -0.3 is 5.73 Å². The van der Waals surface area contributed by atoms with Crippen molar-refractivity contribution in [2.45, 2.75) is 26.7 Å². The molecular formula is C15H18N2. The molecule has 0 aliphatic rings. The van der Waals surface area contributed by atoms with Crippen LogP contribution in [-0.2, 0) is 6.42 Å². The van der Waals surface area contributed by atoms with E-state index in [2.05, 4.69) is 36.2 Å². The van der Waals surface area contributed by atoms with Gasteiger partial charge in [0.1, 0.15) is 5.82 Å². The van der Waals surface area contributed by atoms with Crippen LogP contribution in [0.4, 0.5) is 5.82 Å². The normalized spacial score (nSPS) is 10.5. The van der Waals surface area contributed by atoms with Gasteiger partial charge in [-0.25, -0.2) is 4.98 Å². The lowest BCUT2D eigenvalue weighted by molar-refractivity contribution is 0.922. The number of nitrogen functional groups attached to an aromatic ring is 1. The average molecular weight is 226 g/mol. The van der Waals surface area contributed by atoms with Gasteiger partial charge in [-0.3, -0.25) is 0 Å². The molecule has 1 aromatic carbocycles. The van der Waals surface area contributed by atoms with E-state index in [1.165, 1.54) is 17.5 Å². The lowest BCUT2D eigenvalue weighted by Gasteiger charge is -2.08. The summed E-state index contributed by atoms with van der Waals surface area (Å²) in [6, 6.07) is 12.5. The van der Waals surface area contributed by atoms with Crippen molar-refractivity contribution in [3.05, 3.63) is 47.7 Å². The molecule has 0 aliphatic carbocycles. The molecule has 0 saturated carbocycles. The first-order valence-corrected chi connectivity index (χ1v) is 6.03. The number of nitrogens with two attached hydrogens (primary N) is 1. The summed E-state index contributed by atoms with van der Waals surface area (Å²) in [5.41, 5.74) is 10.4. The van der Waals surface area contributed by atoms with Crippen LogP contribution >= 0.6 is 0 Å². The van der Waals surface area contributed by atoms with E-state index in [4.69, 9.17) is 5.73 Å². The van der Waals surface area contributed by atoms with Crippen molar-refractivity contribution in [2.75, 3.05) is 5.73 Å². The highest BCUT2D eigenvalue weighted by Crippen LogP contribution is 2.24. The molecule has 1 aromatic heterocycles. The third-order valence-electron chi connectivity index (χ3n) is 2.88. The van der Waals surface area contributed by atoms with E-state index >= 15 is 0 Å². The van der Waals surface area contributed by atoms with Crippen LogP contribution in [-0.4, -0.2) is 4.98 Å². The molecule has 0 saturated heterocycles. The molecule has 0 spiro atoms. The minimum atomic E-state index is 0.580. The van der Waals surface area contributed by atoms with Gasteiger partial charge >= 0.3 is 0 Å². The van der Waals surface area contributed by atoms with Crippen LogP contribution in [0.1, 0.15) is 24.6 Å². The average Bonchev–Trinajstić information content (AvgIpc) is 2.29. The number of hydrogen-bond donors (Lipinski definition) is 1. The summed E-state index contributed by atoms with van der Waals surface area (Å²) in [7, 11) is 0. The second kappa shape index (κ2) is 5.00. The maximum atomic E-state index is 5.67. The highest BCUT2D eigenvalue weighted by atomic mass is 14.8. The Hall–Kier alpha value is -1.83. The Morgan fingerprint density at radius 3 is 2.71 bits per heavy atom. The van der Waals surface area contributed by atoms with Crippen LogP contribution in [0.15, 0.2) is 36.4 Å². The lowest BCUT2D eigenvalue weighted by atomic mass is 10.0. The van der Waals surface area contributed by atoms with E-state index in [0.29, 0.717) is 5.82 Å². The number of benzene rings is 1. The van der Waals surface area contributed by atoms with Crippen molar-refractivity contribution in [3.63, 3.8) is 0 Å². The Morgan fingerprint density at radius 1 is 1.18 bits per heavy atom. The van der Waals surface area contributed by atoms with Crippen molar-refractivity contribution in [3.8, 4) is 11.1 Å². The Kier molecular flexibility index (Phi) is 3.43. The summed E-state index contributed by atoms with van der Waals surface area (Å²) >= 11 is 0. The maximum absolute atomic E-state index is 5.67. The van der Waals surface area contributed by atoms with Crippen molar-refractivity contribution < 1.29 is 0 Å².